The molecule has 0 aliphatic carbocycles. The number of carbonyl (C=O) groups is 1. The van der Waals surface area contributed by atoms with Crippen molar-refractivity contribution < 1.29 is 14.3 Å². The maximum atomic E-state index is 12.1. The third-order valence-electron chi connectivity index (χ3n) is 3.84. The highest BCUT2D eigenvalue weighted by Crippen LogP contribution is 2.28. The molecule has 2 aromatic carbocycles. The van der Waals surface area contributed by atoms with E-state index in [0.29, 0.717) is 13.2 Å². The smallest absolute Gasteiger partial charge is 0.327 e. The zero-order valence-electron chi connectivity index (χ0n) is 12.5. The molecule has 1 aliphatic rings. The molecular formula is C18H19NO3. The maximum Gasteiger partial charge on any atom is 0.327 e. The second-order valence-electron chi connectivity index (χ2n) is 5.29. The molecule has 0 bridgehead atoms. The minimum absolute atomic E-state index is 0.283. The minimum atomic E-state index is -0.476. The van der Waals surface area contributed by atoms with Crippen molar-refractivity contribution in [3.05, 3.63) is 65.2 Å². The summed E-state index contributed by atoms with van der Waals surface area (Å²) in [4.78, 5) is 12.1. The fraction of sp³-hybridized carbons (Fsp3) is 0.278. The van der Waals surface area contributed by atoms with Crippen molar-refractivity contribution >= 4 is 5.97 Å². The molecule has 3 rings (SSSR count). The van der Waals surface area contributed by atoms with Gasteiger partial charge in [0.1, 0.15) is 11.8 Å². The predicted octanol–water partition coefficient (Wildman–Crippen LogP) is 2.63. The fourth-order valence-electron chi connectivity index (χ4n) is 2.66. The lowest BCUT2D eigenvalue weighted by molar-refractivity contribution is -0.143. The third-order valence-corrected chi connectivity index (χ3v) is 3.84. The number of carbonyl (C=O) groups excluding carboxylic acids is 1. The summed E-state index contributed by atoms with van der Waals surface area (Å²) in [5.74, 6) is 0.630. The van der Waals surface area contributed by atoms with Gasteiger partial charge in [0, 0.05) is 13.0 Å². The molecule has 114 valence electrons. The molecule has 0 amide bonds. The van der Waals surface area contributed by atoms with Crippen molar-refractivity contribution in [3.8, 4) is 5.75 Å². The molecule has 1 aliphatic heterocycles. The summed E-state index contributed by atoms with van der Waals surface area (Å²) in [5, 5.41) is 3.28. The molecular weight excluding hydrogens is 278 g/mol. The number of hydrogen-bond donors (Lipinski definition) is 1. The number of esters is 1. The van der Waals surface area contributed by atoms with Crippen LogP contribution in [-0.2, 0) is 22.5 Å². The summed E-state index contributed by atoms with van der Waals surface area (Å²) < 4.78 is 10.5. The Hall–Kier alpha value is -2.33. The van der Waals surface area contributed by atoms with Gasteiger partial charge in [-0.05, 0) is 28.8 Å². The van der Waals surface area contributed by atoms with E-state index in [1.165, 1.54) is 7.11 Å². The van der Waals surface area contributed by atoms with Crippen molar-refractivity contribution in [1.29, 1.82) is 0 Å². The van der Waals surface area contributed by atoms with Crippen LogP contribution in [0.5, 0.6) is 5.75 Å². The molecule has 0 radical (unpaired) electrons. The molecule has 1 atom stereocenters. The van der Waals surface area contributed by atoms with E-state index in [9.17, 15) is 4.79 Å². The van der Waals surface area contributed by atoms with Crippen LogP contribution >= 0.6 is 0 Å². The topological polar surface area (TPSA) is 47.6 Å². The molecule has 0 aromatic heterocycles. The standard InChI is InChI=1S/C18H19NO3/c1-21-18(20)17(19-12-13-5-3-2-4-6-13)15-7-8-16-14(11-15)9-10-22-16/h2-8,11,17,19H,9-10,12H2,1H3. The Labute approximate surface area is 130 Å². The summed E-state index contributed by atoms with van der Waals surface area (Å²) in [5.41, 5.74) is 3.18. The zero-order valence-corrected chi connectivity index (χ0v) is 12.5. The van der Waals surface area contributed by atoms with Crippen LogP contribution in [0.1, 0.15) is 22.7 Å². The van der Waals surface area contributed by atoms with Gasteiger partial charge in [-0.15, -0.1) is 0 Å². The molecule has 1 heterocycles. The summed E-state index contributed by atoms with van der Waals surface area (Å²) in [6, 6.07) is 15.4. The van der Waals surface area contributed by atoms with Crippen LogP contribution in [0.15, 0.2) is 48.5 Å². The van der Waals surface area contributed by atoms with Crippen LogP contribution < -0.4 is 10.1 Å². The van der Waals surface area contributed by atoms with E-state index in [2.05, 4.69) is 5.32 Å². The number of ether oxygens (including phenoxy) is 2. The van der Waals surface area contributed by atoms with E-state index in [4.69, 9.17) is 9.47 Å². The lowest BCUT2D eigenvalue weighted by Gasteiger charge is -2.17. The lowest BCUT2D eigenvalue weighted by Crippen LogP contribution is -2.29. The number of rotatable bonds is 5. The second-order valence-corrected chi connectivity index (χ2v) is 5.29. The van der Waals surface area contributed by atoms with Gasteiger partial charge in [-0.1, -0.05) is 36.4 Å². The van der Waals surface area contributed by atoms with Gasteiger partial charge in [-0.2, -0.15) is 0 Å². The molecule has 0 fully saturated rings. The number of benzene rings is 2. The Balaban J connectivity index is 1.79. The Bertz CT molecular complexity index is 655. The fourth-order valence-corrected chi connectivity index (χ4v) is 2.66. The number of fused-ring (bicyclic) bond motifs is 1. The molecule has 0 saturated carbocycles. The van der Waals surface area contributed by atoms with Crippen LogP contribution in [-0.4, -0.2) is 19.7 Å². The first-order valence-electron chi connectivity index (χ1n) is 7.38. The van der Waals surface area contributed by atoms with Gasteiger partial charge in [-0.25, -0.2) is 4.79 Å². The van der Waals surface area contributed by atoms with Gasteiger partial charge in [-0.3, -0.25) is 5.32 Å². The van der Waals surface area contributed by atoms with Crippen molar-refractivity contribution in [2.75, 3.05) is 13.7 Å². The highest BCUT2D eigenvalue weighted by atomic mass is 16.5. The average Bonchev–Trinajstić information content (AvgIpc) is 3.03. The average molecular weight is 297 g/mol. The van der Waals surface area contributed by atoms with Gasteiger partial charge in [0.25, 0.3) is 0 Å². The molecule has 22 heavy (non-hydrogen) atoms. The van der Waals surface area contributed by atoms with Crippen molar-refractivity contribution in [3.63, 3.8) is 0 Å². The Kier molecular flexibility index (Phi) is 4.39. The van der Waals surface area contributed by atoms with Gasteiger partial charge in [0.15, 0.2) is 0 Å². The highest BCUT2D eigenvalue weighted by molar-refractivity contribution is 5.77. The van der Waals surface area contributed by atoms with Crippen LogP contribution in [0, 0.1) is 0 Å². The summed E-state index contributed by atoms with van der Waals surface area (Å²) in [7, 11) is 1.41. The molecule has 1 unspecified atom stereocenters. The molecule has 4 nitrogen and oxygen atoms in total. The Morgan fingerprint density at radius 3 is 2.86 bits per heavy atom. The zero-order chi connectivity index (χ0) is 15.4. The highest BCUT2D eigenvalue weighted by Gasteiger charge is 2.23. The first-order valence-corrected chi connectivity index (χ1v) is 7.38. The van der Waals surface area contributed by atoms with E-state index in [1.54, 1.807) is 0 Å². The lowest BCUT2D eigenvalue weighted by atomic mass is 10.0. The van der Waals surface area contributed by atoms with Crippen LogP contribution in [0.2, 0.25) is 0 Å². The van der Waals surface area contributed by atoms with E-state index >= 15 is 0 Å². The van der Waals surface area contributed by atoms with Crippen molar-refractivity contribution in [1.82, 2.24) is 5.32 Å². The quantitative estimate of drug-likeness (QED) is 0.862. The largest absolute Gasteiger partial charge is 0.493 e. The molecule has 0 spiro atoms. The number of methoxy groups -OCH3 is 1. The molecule has 2 aromatic rings. The van der Waals surface area contributed by atoms with Crippen molar-refractivity contribution in [2.24, 2.45) is 0 Å². The van der Waals surface area contributed by atoms with Gasteiger partial charge in [0.2, 0.25) is 0 Å². The van der Waals surface area contributed by atoms with E-state index in [1.807, 2.05) is 48.5 Å². The third kappa shape index (κ3) is 3.12. The van der Waals surface area contributed by atoms with Gasteiger partial charge >= 0.3 is 5.97 Å². The monoisotopic (exact) mass is 297 g/mol. The minimum Gasteiger partial charge on any atom is -0.493 e. The van der Waals surface area contributed by atoms with Crippen LogP contribution in [0.25, 0.3) is 0 Å². The molecule has 1 N–H and O–H groups in total. The number of hydrogen-bond acceptors (Lipinski definition) is 4. The van der Waals surface area contributed by atoms with Crippen molar-refractivity contribution in [2.45, 2.75) is 19.0 Å². The van der Waals surface area contributed by atoms with E-state index < -0.39 is 6.04 Å². The second kappa shape index (κ2) is 6.62. The van der Waals surface area contributed by atoms with Crippen LogP contribution in [0.4, 0.5) is 0 Å². The van der Waals surface area contributed by atoms with E-state index in [0.717, 1.165) is 28.9 Å². The van der Waals surface area contributed by atoms with Crippen LogP contribution in [0.3, 0.4) is 0 Å². The Morgan fingerprint density at radius 2 is 2.09 bits per heavy atom. The normalized spacial score (nSPS) is 14.0. The first kappa shape index (κ1) is 14.6. The van der Waals surface area contributed by atoms with Gasteiger partial charge in [0.05, 0.1) is 13.7 Å². The van der Waals surface area contributed by atoms with E-state index in [-0.39, 0.29) is 5.97 Å². The summed E-state index contributed by atoms with van der Waals surface area (Å²) in [6.07, 6.45) is 0.885. The molecule has 0 saturated heterocycles. The maximum absolute atomic E-state index is 12.1. The molecule has 4 heteroatoms. The predicted molar refractivity (Wildman–Crippen MR) is 83.7 cm³/mol. The SMILES string of the molecule is COC(=O)C(NCc1ccccc1)c1ccc2c(c1)CCO2. The summed E-state index contributed by atoms with van der Waals surface area (Å²) >= 11 is 0. The Morgan fingerprint density at radius 1 is 1.27 bits per heavy atom. The van der Waals surface area contributed by atoms with Gasteiger partial charge < -0.3 is 9.47 Å². The first-order chi connectivity index (χ1) is 10.8. The number of nitrogens with one attached hydrogen (secondary N) is 1. The summed E-state index contributed by atoms with van der Waals surface area (Å²) in [6.45, 7) is 1.31.